The Morgan fingerprint density at radius 3 is 2.57 bits per heavy atom. The van der Waals surface area contributed by atoms with Gasteiger partial charge in [0.2, 0.25) is 0 Å². The van der Waals surface area contributed by atoms with Crippen LogP contribution in [0.5, 0.6) is 5.75 Å². The highest BCUT2D eigenvalue weighted by Gasteiger charge is 2.09. The zero-order valence-corrected chi connectivity index (χ0v) is 12.6. The number of carbonyl (C=O) groups excluding carboxylic acids is 1. The van der Waals surface area contributed by atoms with Crippen molar-refractivity contribution in [2.24, 2.45) is 0 Å². The van der Waals surface area contributed by atoms with E-state index in [4.69, 9.17) is 4.74 Å². The molecule has 0 unspecified atom stereocenters. The fourth-order valence-corrected chi connectivity index (χ4v) is 2.01. The normalized spacial score (nSPS) is 10.3. The maximum absolute atomic E-state index is 12.0. The first kappa shape index (κ1) is 14.8. The van der Waals surface area contributed by atoms with Gasteiger partial charge in [-0.05, 0) is 55.0 Å². The van der Waals surface area contributed by atoms with Crippen molar-refractivity contribution in [1.82, 2.24) is 15.2 Å². The van der Waals surface area contributed by atoms with E-state index in [1.165, 1.54) is 0 Å². The molecule has 1 amide bonds. The van der Waals surface area contributed by atoms with Crippen LogP contribution >= 0.6 is 0 Å². The summed E-state index contributed by atoms with van der Waals surface area (Å²) in [6.45, 7) is 2.32. The van der Waals surface area contributed by atoms with E-state index in [0.717, 1.165) is 17.0 Å². The molecule has 2 N–H and O–H groups in total. The molecular weight excluding hydrogens is 292 g/mol. The van der Waals surface area contributed by atoms with Crippen molar-refractivity contribution < 1.29 is 9.53 Å². The van der Waals surface area contributed by atoms with E-state index < -0.39 is 0 Å². The third-order valence-electron chi connectivity index (χ3n) is 3.21. The lowest BCUT2D eigenvalue weighted by Crippen LogP contribution is -2.12. The monoisotopic (exact) mass is 308 g/mol. The molecule has 0 aliphatic rings. The fraction of sp³-hybridized carbons (Fsp3) is 0.118. The molecule has 0 atom stereocenters. The van der Waals surface area contributed by atoms with Crippen LogP contribution in [-0.2, 0) is 6.61 Å². The van der Waals surface area contributed by atoms with Crippen LogP contribution < -0.4 is 10.1 Å². The Kier molecular flexibility index (Phi) is 4.33. The van der Waals surface area contributed by atoms with Gasteiger partial charge in [0.15, 0.2) is 5.69 Å². The maximum Gasteiger partial charge on any atom is 0.276 e. The molecule has 6 nitrogen and oxygen atoms in total. The van der Waals surface area contributed by atoms with E-state index in [9.17, 15) is 4.79 Å². The van der Waals surface area contributed by atoms with Crippen molar-refractivity contribution in [2.45, 2.75) is 13.5 Å². The van der Waals surface area contributed by atoms with Gasteiger partial charge in [-0.3, -0.25) is 14.9 Å². The third kappa shape index (κ3) is 3.94. The highest BCUT2D eigenvalue weighted by Crippen LogP contribution is 2.17. The van der Waals surface area contributed by atoms with E-state index in [1.54, 1.807) is 30.6 Å². The average Bonchev–Trinajstić information content (AvgIpc) is 3.02. The Hall–Kier alpha value is -3.15. The number of carbonyl (C=O) groups is 1. The van der Waals surface area contributed by atoms with Gasteiger partial charge in [-0.25, -0.2) is 0 Å². The summed E-state index contributed by atoms with van der Waals surface area (Å²) >= 11 is 0. The van der Waals surface area contributed by atoms with Crippen molar-refractivity contribution in [2.75, 3.05) is 5.32 Å². The number of pyridine rings is 1. The second-order valence-electron chi connectivity index (χ2n) is 5.06. The lowest BCUT2D eigenvalue weighted by atomic mass is 10.2. The van der Waals surface area contributed by atoms with Crippen molar-refractivity contribution in [3.63, 3.8) is 0 Å². The largest absolute Gasteiger partial charge is 0.489 e. The number of aryl methyl sites for hydroxylation is 1. The molecule has 0 aliphatic heterocycles. The average molecular weight is 308 g/mol. The Bertz CT molecular complexity index is 782. The molecule has 0 bridgehead atoms. The Morgan fingerprint density at radius 1 is 1.17 bits per heavy atom. The Labute approximate surface area is 133 Å². The summed E-state index contributed by atoms with van der Waals surface area (Å²) in [6.07, 6.45) is 3.46. The van der Waals surface area contributed by atoms with E-state index in [0.29, 0.717) is 18.0 Å². The van der Waals surface area contributed by atoms with E-state index >= 15 is 0 Å². The van der Waals surface area contributed by atoms with Crippen molar-refractivity contribution >= 4 is 11.6 Å². The molecule has 6 heteroatoms. The van der Waals surface area contributed by atoms with Crippen molar-refractivity contribution in [3.05, 3.63) is 71.8 Å². The molecule has 1 aromatic carbocycles. The summed E-state index contributed by atoms with van der Waals surface area (Å²) in [6, 6.07) is 12.7. The van der Waals surface area contributed by atoms with Crippen molar-refractivity contribution in [3.8, 4) is 5.75 Å². The molecule has 2 aromatic heterocycles. The third-order valence-corrected chi connectivity index (χ3v) is 3.21. The molecule has 0 spiro atoms. The highest BCUT2D eigenvalue weighted by molar-refractivity contribution is 6.02. The number of ether oxygens (including phenoxy) is 1. The van der Waals surface area contributed by atoms with Crippen LogP contribution in [0.25, 0.3) is 0 Å². The molecule has 3 rings (SSSR count). The van der Waals surface area contributed by atoms with E-state index in [1.807, 2.05) is 31.2 Å². The van der Waals surface area contributed by atoms with Crippen molar-refractivity contribution in [1.29, 1.82) is 0 Å². The number of anilines is 1. The van der Waals surface area contributed by atoms with Gasteiger partial charge in [0.05, 0.1) is 0 Å². The van der Waals surface area contributed by atoms with E-state index in [-0.39, 0.29) is 5.91 Å². The number of hydrogen-bond acceptors (Lipinski definition) is 4. The number of nitrogens with one attached hydrogen (secondary N) is 2. The second kappa shape index (κ2) is 6.74. The number of H-pyrrole nitrogens is 1. The minimum absolute atomic E-state index is 0.250. The number of nitrogens with zero attached hydrogens (tertiary/aromatic N) is 2. The number of rotatable bonds is 5. The molecular formula is C17H16N4O2. The fourth-order valence-electron chi connectivity index (χ4n) is 2.01. The lowest BCUT2D eigenvalue weighted by Gasteiger charge is -2.07. The molecule has 2 heterocycles. The zero-order valence-electron chi connectivity index (χ0n) is 12.6. The minimum Gasteiger partial charge on any atom is -0.489 e. The highest BCUT2D eigenvalue weighted by atomic mass is 16.5. The summed E-state index contributed by atoms with van der Waals surface area (Å²) in [5.41, 5.74) is 2.94. The van der Waals surface area contributed by atoms with Gasteiger partial charge < -0.3 is 10.1 Å². The van der Waals surface area contributed by atoms with E-state index in [2.05, 4.69) is 20.5 Å². The van der Waals surface area contributed by atoms with Gasteiger partial charge in [-0.2, -0.15) is 5.10 Å². The van der Waals surface area contributed by atoms with Crippen LogP contribution in [0.3, 0.4) is 0 Å². The zero-order chi connectivity index (χ0) is 16.1. The van der Waals surface area contributed by atoms with Gasteiger partial charge in [0.1, 0.15) is 12.4 Å². The number of amides is 1. The molecule has 116 valence electrons. The first-order chi connectivity index (χ1) is 11.2. The SMILES string of the molecule is Cc1cc(C(=O)Nc2ccc(OCc3ccncc3)cc2)n[nH]1. The Balaban J connectivity index is 1.57. The van der Waals surface area contributed by atoms with Crippen LogP contribution in [0, 0.1) is 6.92 Å². The topological polar surface area (TPSA) is 79.9 Å². The second-order valence-corrected chi connectivity index (χ2v) is 5.06. The van der Waals surface area contributed by atoms with Crippen LogP contribution in [0.2, 0.25) is 0 Å². The smallest absolute Gasteiger partial charge is 0.276 e. The van der Waals surface area contributed by atoms with Crippen LogP contribution in [0.1, 0.15) is 21.7 Å². The molecule has 0 aliphatic carbocycles. The molecule has 0 radical (unpaired) electrons. The maximum atomic E-state index is 12.0. The lowest BCUT2D eigenvalue weighted by molar-refractivity contribution is 0.102. The van der Waals surface area contributed by atoms with Crippen LogP contribution in [0.4, 0.5) is 5.69 Å². The molecule has 3 aromatic rings. The number of benzene rings is 1. The van der Waals surface area contributed by atoms with Crippen LogP contribution in [0.15, 0.2) is 54.9 Å². The standard InChI is InChI=1S/C17H16N4O2/c1-12-10-16(21-20-12)17(22)19-14-2-4-15(5-3-14)23-11-13-6-8-18-9-7-13/h2-10H,11H2,1H3,(H,19,22)(H,20,21). The van der Waals surface area contributed by atoms with Gasteiger partial charge in [-0.15, -0.1) is 0 Å². The number of hydrogen-bond donors (Lipinski definition) is 2. The molecule has 0 saturated heterocycles. The quantitative estimate of drug-likeness (QED) is 0.759. The summed E-state index contributed by atoms with van der Waals surface area (Å²) in [5.74, 6) is 0.482. The minimum atomic E-state index is -0.250. The predicted octanol–water partition coefficient (Wildman–Crippen LogP) is 2.94. The molecule has 0 saturated carbocycles. The summed E-state index contributed by atoms with van der Waals surface area (Å²) < 4.78 is 5.68. The first-order valence-corrected chi connectivity index (χ1v) is 7.16. The molecule has 0 fully saturated rings. The molecule has 23 heavy (non-hydrogen) atoms. The predicted molar refractivity (Wildman–Crippen MR) is 86.3 cm³/mol. The van der Waals surface area contributed by atoms with Gasteiger partial charge in [0.25, 0.3) is 5.91 Å². The summed E-state index contributed by atoms with van der Waals surface area (Å²) in [5, 5.41) is 9.45. The van der Waals surface area contributed by atoms with Crippen LogP contribution in [-0.4, -0.2) is 21.1 Å². The number of aromatic nitrogens is 3. The van der Waals surface area contributed by atoms with Gasteiger partial charge in [0, 0.05) is 23.8 Å². The van der Waals surface area contributed by atoms with Gasteiger partial charge in [-0.1, -0.05) is 0 Å². The summed E-state index contributed by atoms with van der Waals surface area (Å²) in [4.78, 5) is 16.0. The number of aromatic amines is 1. The van der Waals surface area contributed by atoms with Gasteiger partial charge >= 0.3 is 0 Å². The first-order valence-electron chi connectivity index (χ1n) is 7.16. The Morgan fingerprint density at radius 2 is 1.91 bits per heavy atom. The summed E-state index contributed by atoms with van der Waals surface area (Å²) in [7, 11) is 0.